The van der Waals surface area contributed by atoms with Gasteiger partial charge in [0.05, 0.1) is 0 Å². The predicted molar refractivity (Wildman–Crippen MR) is 56.5 cm³/mol. The molecule has 1 fully saturated rings. The zero-order valence-electron chi connectivity index (χ0n) is 8.80. The molecule has 1 aromatic rings. The van der Waals surface area contributed by atoms with E-state index in [4.69, 9.17) is 14.8 Å². The smallest absolute Gasteiger partial charge is 0.346 e. The quantitative estimate of drug-likeness (QED) is 0.623. The molecule has 1 aromatic heterocycles. The Kier molecular flexibility index (Phi) is 2.53. The molecule has 0 aromatic carbocycles. The first-order valence-corrected chi connectivity index (χ1v) is 5.06. The number of furan rings is 1. The molecule has 4 nitrogen and oxygen atoms in total. The fourth-order valence-electron chi connectivity index (χ4n) is 1.65. The third-order valence-corrected chi connectivity index (χ3v) is 2.76. The molecule has 1 aliphatic carbocycles. The molecule has 4 heteroatoms. The second-order valence-corrected chi connectivity index (χ2v) is 4.03. The van der Waals surface area contributed by atoms with E-state index < -0.39 is 5.97 Å². The number of aliphatic carboxylic acids is 1. The van der Waals surface area contributed by atoms with Crippen molar-refractivity contribution in [1.82, 2.24) is 0 Å². The Balaban J connectivity index is 2.19. The van der Waals surface area contributed by atoms with Crippen molar-refractivity contribution in [2.75, 3.05) is 0 Å². The highest BCUT2D eigenvalue weighted by molar-refractivity contribution is 5.96. The Labute approximate surface area is 92.8 Å². The van der Waals surface area contributed by atoms with Crippen LogP contribution in [0.4, 0.5) is 0 Å². The molecule has 0 unspecified atom stereocenters. The number of nitrogens with zero attached hydrogens (tertiary/aromatic N) is 1. The van der Waals surface area contributed by atoms with Crippen molar-refractivity contribution < 1.29 is 14.3 Å². The molecule has 1 heterocycles. The molecule has 0 spiro atoms. The molecule has 1 saturated carbocycles. The molecule has 0 bridgehead atoms. The Morgan fingerprint density at radius 2 is 2.38 bits per heavy atom. The molecule has 2 atom stereocenters. The fourth-order valence-corrected chi connectivity index (χ4v) is 1.65. The molecule has 82 valence electrons. The van der Waals surface area contributed by atoms with E-state index in [2.05, 4.69) is 6.92 Å². The lowest BCUT2D eigenvalue weighted by molar-refractivity contribution is -0.132. The van der Waals surface area contributed by atoms with Crippen molar-refractivity contribution >= 4 is 12.0 Å². The van der Waals surface area contributed by atoms with Crippen LogP contribution in [-0.4, -0.2) is 11.1 Å². The molecule has 1 N–H and O–H groups in total. The van der Waals surface area contributed by atoms with E-state index in [0.29, 0.717) is 17.6 Å². The van der Waals surface area contributed by atoms with Crippen molar-refractivity contribution in [2.24, 2.45) is 5.92 Å². The van der Waals surface area contributed by atoms with Gasteiger partial charge in [0.2, 0.25) is 0 Å². The number of carboxylic acid groups (broad SMARTS) is 1. The first kappa shape index (κ1) is 10.5. The summed E-state index contributed by atoms with van der Waals surface area (Å²) in [6.07, 6.45) is 2.36. The average molecular weight is 217 g/mol. The number of rotatable bonds is 3. The van der Waals surface area contributed by atoms with Crippen LogP contribution in [0.2, 0.25) is 0 Å². The monoisotopic (exact) mass is 217 g/mol. The summed E-state index contributed by atoms with van der Waals surface area (Å²) >= 11 is 0. The highest BCUT2D eigenvalue weighted by atomic mass is 16.4. The zero-order valence-corrected chi connectivity index (χ0v) is 8.80. The van der Waals surface area contributed by atoms with Crippen molar-refractivity contribution in [1.29, 1.82) is 5.26 Å². The minimum absolute atomic E-state index is 0.315. The standard InChI is InChI=1S/C12H11NO3/c1-7-4-10(7)11-3-2-9(16-11)5-8(6-13)12(14)15/h2-3,5,7,10H,4H2,1H3,(H,14,15)/b8-5+/t7-,10-/m0/s1. The molecular formula is C12H11NO3. The van der Waals surface area contributed by atoms with Gasteiger partial charge in [-0.05, 0) is 24.5 Å². The first-order valence-electron chi connectivity index (χ1n) is 5.06. The van der Waals surface area contributed by atoms with Gasteiger partial charge in [-0.25, -0.2) is 4.79 Å². The second-order valence-electron chi connectivity index (χ2n) is 4.03. The summed E-state index contributed by atoms with van der Waals surface area (Å²) in [6.45, 7) is 2.14. The minimum atomic E-state index is -1.24. The molecule has 0 amide bonds. The summed E-state index contributed by atoms with van der Waals surface area (Å²) in [4.78, 5) is 10.6. The van der Waals surface area contributed by atoms with E-state index in [-0.39, 0.29) is 5.57 Å². The lowest BCUT2D eigenvalue weighted by Gasteiger charge is -1.91. The zero-order chi connectivity index (χ0) is 11.7. The van der Waals surface area contributed by atoms with Crippen LogP contribution in [0.15, 0.2) is 22.1 Å². The molecule has 1 aliphatic rings. The molecule has 0 saturated heterocycles. The first-order chi connectivity index (χ1) is 7.61. The maximum Gasteiger partial charge on any atom is 0.346 e. The Hall–Kier alpha value is -2.02. The van der Waals surface area contributed by atoms with E-state index in [9.17, 15) is 4.79 Å². The summed E-state index contributed by atoms with van der Waals surface area (Å²) in [5.74, 6) is 1.16. The molecule has 0 radical (unpaired) electrons. The van der Waals surface area contributed by atoms with Gasteiger partial charge >= 0.3 is 5.97 Å². The van der Waals surface area contributed by atoms with Crippen molar-refractivity contribution in [3.63, 3.8) is 0 Å². The molecule has 0 aliphatic heterocycles. The van der Waals surface area contributed by atoms with Gasteiger partial charge in [0, 0.05) is 12.0 Å². The van der Waals surface area contributed by atoms with Gasteiger partial charge in [-0.1, -0.05) is 6.92 Å². The van der Waals surface area contributed by atoms with Gasteiger partial charge in [0.1, 0.15) is 23.2 Å². The summed E-state index contributed by atoms with van der Waals surface area (Å²) in [5, 5.41) is 17.3. The largest absolute Gasteiger partial charge is 0.477 e. The second kappa shape index (κ2) is 3.86. The van der Waals surface area contributed by atoms with Crippen LogP contribution >= 0.6 is 0 Å². The highest BCUT2D eigenvalue weighted by Gasteiger charge is 2.36. The summed E-state index contributed by atoms with van der Waals surface area (Å²) in [7, 11) is 0. The number of hydrogen-bond donors (Lipinski definition) is 1. The number of carboxylic acids is 1. The van der Waals surface area contributed by atoms with Gasteiger partial charge in [0.25, 0.3) is 0 Å². The number of nitriles is 1. The lowest BCUT2D eigenvalue weighted by atomic mass is 10.2. The predicted octanol–water partition coefficient (Wildman–Crippen LogP) is 2.39. The van der Waals surface area contributed by atoms with Crippen LogP contribution in [0.5, 0.6) is 0 Å². The normalized spacial score (nSPS) is 23.9. The topological polar surface area (TPSA) is 74.2 Å². The number of carbonyl (C=O) groups is 1. The van der Waals surface area contributed by atoms with Crippen molar-refractivity contribution in [2.45, 2.75) is 19.3 Å². The van der Waals surface area contributed by atoms with Crippen LogP contribution < -0.4 is 0 Å². The van der Waals surface area contributed by atoms with Gasteiger partial charge < -0.3 is 9.52 Å². The van der Waals surface area contributed by atoms with Gasteiger partial charge in [0.15, 0.2) is 0 Å². The summed E-state index contributed by atoms with van der Waals surface area (Å²) < 4.78 is 5.47. The summed E-state index contributed by atoms with van der Waals surface area (Å²) in [5.41, 5.74) is -0.315. The van der Waals surface area contributed by atoms with E-state index >= 15 is 0 Å². The lowest BCUT2D eigenvalue weighted by Crippen LogP contribution is -1.96. The maximum atomic E-state index is 10.6. The summed E-state index contributed by atoms with van der Waals surface area (Å²) in [6, 6.07) is 5.15. The van der Waals surface area contributed by atoms with Crippen molar-refractivity contribution in [3.05, 3.63) is 29.2 Å². The third-order valence-electron chi connectivity index (χ3n) is 2.76. The van der Waals surface area contributed by atoms with Crippen molar-refractivity contribution in [3.8, 4) is 6.07 Å². The van der Waals surface area contributed by atoms with E-state index in [1.807, 2.05) is 6.07 Å². The van der Waals surface area contributed by atoms with Crippen LogP contribution in [0, 0.1) is 17.2 Å². The minimum Gasteiger partial charge on any atom is -0.477 e. The third kappa shape index (κ3) is 1.98. The van der Waals surface area contributed by atoms with E-state index in [0.717, 1.165) is 12.2 Å². The van der Waals surface area contributed by atoms with E-state index in [1.165, 1.54) is 6.08 Å². The maximum absolute atomic E-state index is 10.6. The van der Waals surface area contributed by atoms with Gasteiger partial charge in [-0.2, -0.15) is 5.26 Å². The Bertz CT molecular complexity index is 493. The van der Waals surface area contributed by atoms with Crippen LogP contribution in [0.3, 0.4) is 0 Å². The fraction of sp³-hybridized carbons (Fsp3) is 0.333. The van der Waals surface area contributed by atoms with Crippen LogP contribution in [-0.2, 0) is 4.79 Å². The van der Waals surface area contributed by atoms with Crippen LogP contribution in [0.25, 0.3) is 6.08 Å². The van der Waals surface area contributed by atoms with Crippen LogP contribution in [0.1, 0.15) is 30.8 Å². The van der Waals surface area contributed by atoms with Gasteiger partial charge in [-0.3, -0.25) is 0 Å². The Morgan fingerprint density at radius 3 is 2.88 bits per heavy atom. The van der Waals surface area contributed by atoms with E-state index in [1.54, 1.807) is 12.1 Å². The Morgan fingerprint density at radius 1 is 1.69 bits per heavy atom. The average Bonchev–Trinajstić information content (AvgIpc) is 2.79. The molecule has 2 rings (SSSR count). The molecular weight excluding hydrogens is 206 g/mol. The number of hydrogen-bond acceptors (Lipinski definition) is 3. The van der Waals surface area contributed by atoms with Gasteiger partial charge in [-0.15, -0.1) is 0 Å². The SMILES string of the molecule is C[C@H]1C[C@@H]1c1ccc(/C=C(\C#N)C(=O)O)o1. The molecule has 16 heavy (non-hydrogen) atoms. The highest BCUT2D eigenvalue weighted by Crippen LogP contribution is 2.47.